The van der Waals surface area contributed by atoms with Gasteiger partial charge in [0.15, 0.2) is 10.3 Å². The highest BCUT2D eigenvalue weighted by atomic mass is 32.2. The van der Waals surface area contributed by atoms with E-state index in [-0.39, 0.29) is 11.2 Å². The smallest absolute Gasteiger partial charge is 0.239 e. The average Bonchev–Trinajstić information content (AvgIpc) is 2.81. The van der Waals surface area contributed by atoms with Crippen molar-refractivity contribution in [1.82, 2.24) is 15.0 Å². The molecule has 0 aliphatic carbocycles. The molecule has 0 unspecified atom stereocenters. The summed E-state index contributed by atoms with van der Waals surface area (Å²) < 4.78 is 0. The van der Waals surface area contributed by atoms with E-state index in [0.29, 0.717) is 10.3 Å². The van der Waals surface area contributed by atoms with Gasteiger partial charge in [-0.2, -0.15) is 0 Å². The fourth-order valence-electron chi connectivity index (χ4n) is 1.19. The number of hydrogen-bond donors (Lipinski definition) is 1. The SMILES string of the molecule is Cc1ccnc(S[C@@H](C)C(=O)Nc2nccs2)n1. The van der Waals surface area contributed by atoms with Crippen molar-refractivity contribution in [3.8, 4) is 0 Å². The van der Waals surface area contributed by atoms with Gasteiger partial charge in [-0.1, -0.05) is 11.8 Å². The summed E-state index contributed by atoms with van der Waals surface area (Å²) in [4.78, 5) is 24.3. The highest BCUT2D eigenvalue weighted by Crippen LogP contribution is 2.21. The van der Waals surface area contributed by atoms with Crippen molar-refractivity contribution < 1.29 is 4.79 Å². The van der Waals surface area contributed by atoms with Gasteiger partial charge in [-0.05, 0) is 19.9 Å². The number of aryl methyl sites for hydroxylation is 1. The Bertz CT molecular complexity index is 530. The highest BCUT2D eigenvalue weighted by molar-refractivity contribution is 8.00. The lowest BCUT2D eigenvalue weighted by Gasteiger charge is -2.09. The van der Waals surface area contributed by atoms with E-state index in [1.165, 1.54) is 23.1 Å². The lowest BCUT2D eigenvalue weighted by atomic mass is 10.4. The van der Waals surface area contributed by atoms with E-state index in [4.69, 9.17) is 0 Å². The molecule has 0 aromatic carbocycles. The topological polar surface area (TPSA) is 67.8 Å². The fourth-order valence-corrected chi connectivity index (χ4v) is 2.52. The zero-order chi connectivity index (χ0) is 13.0. The first-order chi connectivity index (χ1) is 8.65. The molecular formula is C11H12N4OS2. The molecular weight excluding hydrogens is 268 g/mol. The molecule has 2 aromatic heterocycles. The summed E-state index contributed by atoms with van der Waals surface area (Å²) in [5.41, 5.74) is 0.889. The van der Waals surface area contributed by atoms with Crippen LogP contribution in [0, 0.1) is 6.92 Å². The van der Waals surface area contributed by atoms with E-state index in [1.807, 2.05) is 25.3 Å². The van der Waals surface area contributed by atoms with E-state index in [2.05, 4.69) is 20.3 Å². The molecule has 0 radical (unpaired) electrons. The van der Waals surface area contributed by atoms with Gasteiger partial charge in [0.1, 0.15) is 0 Å². The molecule has 94 valence electrons. The summed E-state index contributed by atoms with van der Waals surface area (Å²) in [6.07, 6.45) is 3.35. The molecule has 2 aromatic rings. The first-order valence-corrected chi connectivity index (χ1v) is 7.08. The number of carbonyl (C=O) groups is 1. The summed E-state index contributed by atoms with van der Waals surface area (Å²) in [6, 6.07) is 1.82. The quantitative estimate of drug-likeness (QED) is 0.688. The minimum absolute atomic E-state index is 0.0972. The predicted octanol–water partition coefficient (Wildman–Crippen LogP) is 2.36. The van der Waals surface area contributed by atoms with Crippen molar-refractivity contribution in [2.24, 2.45) is 0 Å². The molecule has 0 fully saturated rings. The van der Waals surface area contributed by atoms with Gasteiger partial charge in [0, 0.05) is 23.5 Å². The molecule has 0 bridgehead atoms. The first-order valence-electron chi connectivity index (χ1n) is 5.32. The molecule has 0 aliphatic heterocycles. The van der Waals surface area contributed by atoms with Crippen LogP contribution in [0.5, 0.6) is 0 Å². The zero-order valence-corrected chi connectivity index (χ0v) is 11.6. The predicted molar refractivity (Wildman–Crippen MR) is 72.8 cm³/mol. The van der Waals surface area contributed by atoms with Crippen LogP contribution in [0.2, 0.25) is 0 Å². The Morgan fingerprint density at radius 3 is 2.94 bits per heavy atom. The molecule has 0 saturated heterocycles. The number of rotatable bonds is 4. The second-order valence-corrected chi connectivity index (χ2v) is 5.77. The number of nitrogens with zero attached hydrogens (tertiary/aromatic N) is 3. The number of aromatic nitrogens is 3. The average molecular weight is 280 g/mol. The lowest BCUT2D eigenvalue weighted by molar-refractivity contribution is -0.115. The van der Waals surface area contributed by atoms with Gasteiger partial charge in [-0.25, -0.2) is 15.0 Å². The van der Waals surface area contributed by atoms with Crippen molar-refractivity contribution in [3.63, 3.8) is 0 Å². The van der Waals surface area contributed by atoms with Crippen molar-refractivity contribution in [1.29, 1.82) is 0 Å². The maximum Gasteiger partial charge on any atom is 0.239 e. The van der Waals surface area contributed by atoms with E-state index < -0.39 is 0 Å². The number of hydrogen-bond acceptors (Lipinski definition) is 6. The maximum atomic E-state index is 11.9. The van der Waals surface area contributed by atoms with Crippen LogP contribution in [0.3, 0.4) is 0 Å². The van der Waals surface area contributed by atoms with Gasteiger partial charge in [-0.3, -0.25) is 4.79 Å². The Morgan fingerprint density at radius 2 is 2.28 bits per heavy atom. The molecule has 1 N–H and O–H groups in total. The molecule has 0 spiro atoms. The fraction of sp³-hybridized carbons (Fsp3) is 0.273. The van der Waals surface area contributed by atoms with Crippen LogP contribution in [0.4, 0.5) is 5.13 Å². The highest BCUT2D eigenvalue weighted by Gasteiger charge is 2.16. The van der Waals surface area contributed by atoms with Crippen LogP contribution in [0.1, 0.15) is 12.6 Å². The molecule has 2 rings (SSSR count). The minimum atomic E-state index is -0.268. The van der Waals surface area contributed by atoms with E-state index >= 15 is 0 Å². The van der Waals surface area contributed by atoms with E-state index in [0.717, 1.165) is 5.69 Å². The number of anilines is 1. The summed E-state index contributed by atoms with van der Waals surface area (Å²) in [5.74, 6) is -0.0972. The number of amides is 1. The molecule has 1 atom stereocenters. The van der Waals surface area contributed by atoms with E-state index in [9.17, 15) is 4.79 Å². The second kappa shape index (κ2) is 5.92. The first kappa shape index (κ1) is 13.0. The third-order valence-corrected chi connectivity index (χ3v) is 3.75. The van der Waals surface area contributed by atoms with Crippen LogP contribution < -0.4 is 5.32 Å². The molecule has 0 saturated carbocycles. The third kappa shape index (κ3) is 3.51. The van der Waals surface area contributed by atoms with E-state index in [1.54, 1.807) is 12.4 Å². The Balaban J connectivity index is 1.95. The Kier molecular flexibility index (Phi) is 4.27. The third-order valence-electron chi connectivity index (χ3n) is 2.09. The number of thiazole rings is 1. The Labute approximate surface area is 113 Å². The Hall–Kier alpha value is -1.47. The summed E-state index contributed by atoms with van der Waals surface area (Å²) in [6.45, 7) is 3.71. The number of nitrogens with one attached hydrogen (secondary N) is 1. The minimum Gasteiger partial charge on any atom is -0.301 e. The van der Waals surface area contributed by atoms with Crippen LogP contribution in [0.25, 0.3) is 0 Å². The molecule has 7 heteroatoms. The van der Waals surface area contributed by atoms with Gasteiger partial charge < -0.3 is 5.32 Å². The molecule has 5 nitrogen and oxygen atoms in total. The second-order valence-electron chi connectivity index (χ2n) is 3.57. The molecule has 18 heavy (non-hydrogen) atoms. The van der Waals surface area contributed by atoms with Gasteiger partial charge >= 0.3 is 0 Å². The van der Waals surface area contributed by atoms with Crippen LogP contribution in [0.15, 0.2) is 29.0 Å². The van der Waals surface area contributed by atoms with Gasteiger partial charge in [0.25, 0.3) is 0 Å². The van der Waals surface area contributed by atoms with Crippen molar-refractivity contribution >= 4 is 34.1 Å². The number of thioether (sulfide) groups is 1. The van der Waals surface area contributed by atoms with Gasteiger partial charge in [0.05, 0.1) is 5.25 Å². The van der Waals surface area contributed by atoms with Crippen molar-refractivity contribution in [3.05, 3.63) is 29.5 Å². The Morgan fingerprint density at radius 1 is 1.44 bits per heavy atom. The van der Waals surface area contributed by atoms with Crippen LogP contribution >= 0.6 is 23.1 Å². The lowest BCUT2D eigenvalue weighted by Crippen LogP contribution is -2.22. The number of carbonyl (C=O) groups excluding carboxylic acids is 1. The molecule has 0 aliphatic rings. The largest absolute Gasteiger partial charge is 0.301 e. The summed E-state index contributed by atoms with van der Waals surface area (Å²) >= 11 is 2.72. The van der Waals surface area contributed by atoms with Crippen LogP contribution in [-0.4, -0.2) is 26.1 Å². The summed E-state index contributed by atoms with van der Waals surface area (Å²) in [5, 5.41) is 5.51. The zero-order valence-electron chi connectivity index (χ0n) is 9.95. The normalized spacial score (nSPS) is 12.1. The van der Waals surface area contributed by atoms with Crippen LogP contribution in [-0.2, 0) is 4.79 Å². The maximum absolute atomic E-state index is 11.9. The van der Waals surface area contributed by atoms with Crippen molar-refractivity contribution in [2.75, 3.05) is 5.32 Å². The molecule has 2 heterocycles. The standard InChI is InChI=1S/C11H12N4OS2/c1-7-3-4-12-11(14-7)18-8(2)9(16)15-10-13-5-6-17-10/h3-6,8H,1-2H3,(H,13,15,16)/t8-/m0/s1. The van der Waals surface area contributed by atoms with Crippen molar-refractivity contribution in [2.45, 2.75) is 24.3 Å². The monoisotopic (exact) mass is 280 g/mol. The molecule has 1 amide bonds. The van der Waals surface area contributed by atoms with Gasteiger partial charge in [-0.15, -0.1) is 11.3 Å². The summed E-state index contributed by atoms with van der Waals surface area (Å²) in [7, 11) is 0. The van der Waals surface area contributed by atoms with Gasteiger partial charge in [0.2, 0.25) is 5.91 Å².